The van der Waals surface area contributed by atoms with Crippen LogP contribution in [-0.2, 0) is 20.2 Å². The number of nitriles is 1. The van der Waals surface area contributed by atoms with E-state index in [0.29, 0.717) is 49.7 Å². The average molecular weight is 524 g/mol. The highest BCUT2D eigenvalue weighted by atomic mass is 16.5. The molecule has 0 spiro atoms. The Balaban J connectivity index is 1.14. The van der Waals surface area contributed by atoms with Gasteiger partial charge in [-0.25, -0.2) is 0 Å². The Kier molecular flexibility index (Phi) is 7.57. The van der Waals surface area contributed by atoms with Crippen molar-refractivity contribution in [3.05, 3.63) is 105 Å². The lowest BCUT2D eigenvalue weighted by atomic mass is 9.99. The van der Waals surface area contributed by atoms with E-state index in [4.69, 9.17) is 9.15 Å². The lowest BCUT2D eigenvalue weighted by molar-refractivity contribution is 0.0608. The Morgan fingerprint density at radius 1 is 1.08 bits per heavy atom. The van der Waals surface area contributed by atoms with E-state index in [2.05, 4.69) is 16.1 Å². The summed E-state index contributed by atoms with van der Waals surface area (Å²) in [6.45, 7) is 5.11. The number of ether oxygens (including phenoxy) is 1. The van der Waals surface area contributed by atoms with Gasteiger partial charge in [-0.05, 0) is 35.7 Å². The molecule has 0 atom stereocenters. The minimum absolute atomic E-state index is 0.0209. The number of aryl methyl sites for hydroxylation is 2. The van der Waals surface area contributed by atoms with Gasteiger partial charge in [0.1, 0.15) is 24.3 Å². The molecule has 0 unspecified atom stereocenters. The van der Waals surface area contributed by atoms with E-state index in [1.54, 1.807) is 23.9 Å². The summed E-state index contributed by atoms with van der Waals surface area (Å²) in [5.74, 6) is 0.682. The number of carbonyl (C=O) groups is 1. The van der Waals surface area contributed by atoms with Gasteiger partial charge in [0, 0.05) is 39.3 Å². The predicted molar refractivity (Wildman–Crippen MR) is 145 cm³/mol. The Morgan fingerprint density at radius 3 is 2.49 bits per heavy atom. The second-order valence-corrected chi connectivity index (χ2v) is 9.58. The molecular weight excluding hydrogens is 494 g/mol. The SMILES string of the molecule is Cc1cc(C(=O)N2CCN(Cc3cc(=O)c(OCc4ccc(-c5ccccc5C#N)cc4)co3)CC2)n(C)n1. The number of piperazine rings is 1. The minimum atomic E-state index is -0.240. The molecule has 198 valence electrons. The van der Waals surface area contributed by atoms with Gasteiger partial charge in [-0.3, -0.25) is 19.2 Å². The monoisotopic (exact) mass is 523 g/mol. The summed E-state index contributed by atoms with van der Waals surface area (Å²) in [7, 11) is 1.78. The highest BCUT2D eigenvalue weighted by Crippen LogP contribution is 2.24. The first-order valence-corrected chi connectivity index (χ1v) is 12.8. The van der Waals surface area contributed by atoms with Gasteiger partial charge < -0.3 is 14.1 Å². The van der Waals surface area contributed by atoms with E-state index in [1.807, 2.05) is 54.3 Å². The fourth-order valence-electron chi connectivity index (χ4n) is 4.70. The maximum atomic E-state index is 12.8. The molecule has 9 nitrogen and oxygen atoms in total. The zero-order valence-corrected chi connectivity index (χ0v) is 22.0. The van der Waals surface area contributed by atoms with Crippen molar-refractivity contribution in [3.8, 4) is 22.9 Å². The molecule has 1 saturated heterocycles. The molecule has 9 heteroatoms. The maximum Gasteiger partial charge on any atom is 0.272 e. The fraction of sp³-hybridized carbons (Fsp3) is 0.267. The van der Waals surface area contributed by atoms with Crippen LogP contribution in [0.5, 0.6) is 5.75 Å². The zero-order chi connectivity index (χ0) is 27.4. The summed E-state index contributed by atoms with van der Waals surface area (Å²) in [5, 5.41) is 13.6. The largest absolute Gasteiger partial charge is 0.482 e. The standard InChI is InChI=1S/C30H29N5O4/c1-21-15-27(33(2)32-21)30(37)35-13-11-34(12-14-35)18-25-16-28(36)29(20-38-25)39-19-22-7-9-23(10-8-22)26-6-4-3-5-24(26)17-31/h3-10,15-16,20H,11-14,18-19H2,1-2H3. The average Bonchev–Trinajstić information content (AvgIpc) is 3.30. The van der Waals surface area contributed by atoms with Crippen molar-refractivity contribution in [2.75, 3.05) is 26.2 Å². The highest BCUT2D eigenvalue weighted by Gasteiger charge is 2.25. The number of carbonyl (C=O) groups excluding carboxylic acids is 1. The van der Waals surface area contributed by atoms with Crippen LogP contribution < -0.4 is 10.2 Å². The van der Waals surface area contributed by atoms with Crippen LogP contribution in [0.15, 0.2) is 76.1 Å². The first kappa shape index (κ1) is 25.9. The molecule has 0 aliphatic carbocycles. The Hall–Kier alpha value is -4.68. The molecule has 4 aromatic rings. The second-order valence-electron chi connectivity index (χ2n) is 9.58. The number of amides is 1. The third-order valence-electron chi connectivity index (χ3n) is 6.82. The first-order chi connectivity index (χ1) is 18.9. The topological polar surface area (TPSA) is 105 Å². The maximum absolute atomic E-state index is 12.8. The van der Waals surface area contributed by atoms with E-state index < -0.39 is 0 Å². The van der Waals surface area contributed by atoms with Crippen molar-refractivity contribution < 1.29 is 13.9 Å². The van der Waals surface area contributed by atoms with E-state index >= 15 is 0 Å². The molecule has 2 aromatic heterocycles. The Morgan fingerprint density at radius 2 is 1.82 bits per heavy atom. The van der Waals surface area contributed by atoms with Crippen molar-refractivity contribution in [3.63, 3.8) is 0 Å². The number of benzene rings is 2. The summed E-state index contributed by atoms with van der Waals surface area (Å²) < 4.78 is 13.1. The van der Waals surface area contributed by atoms with Gasteiger partial charge in [-0.2, -0.15) is 10.4 Å². The van der Waals surface area contributed by atoms with Gasteiger partial charge in [-0.1, -0.05) is 42.5 Å². The van der Waals surface area contributed by atoms with Gasteiger partial charge in [0.25, 0.3) is 5.91 Å². The van der Waals surface area contributed by atoms with E-state index in [1.165, 1.54) is 12.3 Å². The van der Waals surface area contributed by atoms with E-state index in [0.717, 1.165) is 22.4 Å². The van der Waals surface area contributed by atoms with Crippen LogP contribution in [0.25, 0.3) is 11.1 Å². The molecule has 0 bridgehead atoms. The summed E-state index contributed by atoms with van der Waals surface area (Å²) >= 11 is 0. The Labute approximate surface area is 226 Å². The second kappa shape index (κ2) is 11.4. The van der Waals surface area contributed by atoms with Gasteiger partial charge in [0.2, 0.25) is 11.2 Å². The molecule has 2 aromatic carbocycles. The fourth-order valence-corrected chi connectivity index (χ4v) is 4.70. The molecule has 3 heterocycles. The molecule has 1 aliphatic heterocycles. The molecular formula is C30H29N5O4. The molecule has 0 radical (unpaired) electrons. The molecule has 5 rings (SSSR count). The molecule has 1 amide bonds. The van der Waals surface area contributed by atoms with Crippen molar-refractivity contribution in [1.82, 2.24) is 19.6 Å². The number of rotatable bonds is 7. The van der Waals surface area contributed by atoms with Crippen molar-refractivity contribution in [2.45, 2.75) is 20.1 Å². The van der Waals surface area contributed by atoms with Crippen LogP contribution in [0.3, 0.4) is 0 Å². The number of hydrogen-bond donors (Lipinski definition) is 0. The summed E-state index contributed by atoms with van der Waals surface area (Å²) in [5.41, 5.74) is 4.49. The van der Waals surface area contributed by atoms with Crippen molar-refractivity contribution in [2.24, 2.45) is 7.05 Å². The third-order valence-corrected chi connectivity index (χ3v) is 6.82. The summed E-state index contributed by atoms with van der Waals surface area (Å²) in [6, 6.07) is 20.6. The molecule has 1 fully saturated rings. The lowest BCUT2D eigenvalue weighted by Gasteiger charge is -2.34. The number of nitrogens with zero attached hydrogens (tertiary/aromatic N) is 5. The van der Waals surface area contributed by atoms with Crippen molar-refractivity contribution >= 4 is 5.91 Å². The molecule has 1 aliphatic rings. The molecule has 39 heavy (non-hydrogen) atoms. The summed E-state index contributed by atoms with van der Waals surface area (Å²) in [6.07, 6.45) is 1.36. The quantitative estimate of drug-likeness (QED) is 0.363. The smallest absolute Gasteiger partial charge is 0.272 e. The third kappa shape index (κ3) is 5.92. The van der Waals surface area contributed by atoms with Gasteiger partial charge >= 0.3 is 0 Å². The van der Waals surface area contributed by atoms with Crippen LogP contribution in [0.2, 0.25) is 0 Å². The zero-order valence-electron chi connectivity index (χ0n) is 22.0. The lowest BCUT2D eigenvalue weighted by Crippen LogP contribution is -2.48. The van der Waals surface area contributed by atoms with E-state index in [9.17, 15) is 14.9 Å². The van der Waals surface area contributed by atoms with Crippen LogP contribution in [0.4, 0.5) is 0 Å². The van der Waals surface area contributed by atoms with E-state index in [-0.39, 0.29) is 23.7 Å². The van der Waals surface area contributed by atoms with Crippen LogP contribution in [0, 0.1) is 18.3 Å². The van der Waals surface area contributed by atoms with Crippen molar-refractivity contribution in [1.29, 1.82) is 5.26 Å². The Bertz CT molecular complexity index is 1570. The van der Waals surface area contributed by atoms with Crippen LogP contribution in [0.1, 0.15) is 33.1 Å². The normalized spacial score (nSPS) is 13.7. The van der Waals surface area contributed by atoms with Crippen LogP contribution >= 0.6 is 0 Å². The number of hydrogen-bond acceptors (Lipinski definition) is 7. The van der Waals surface area contributed by atoms with Crippen LogP contribution in [-0.4, -0.2) is 51.7 Å². The van der Waals surface area contributed by atoms with Gasteiger partial charge in [-0.15, -0.1) is 0 Å². The van der Waals surface area contributed by atoms with Gasteiger partial charge in [0.05, 0.1) is 23.9 Å². The van der Waals surface area contributed by atoms with Gasteiger partial charge in [0.15, 0.2) is 0 Å². The number of aromatic nitrogens is 2. The predicted octanol–water partition coefficient (Wildman–Crippen LogP) is 3.76. The molecule has 0 saturated carbocycles. The first-order valence-electron chi connectivity index (χ1n) is 12.8. The minimum Gasteiger partial charge on any atom is -0.482 e. The summed E-state index contributed by atoms with van der Waals surface area (Å²) in [4.78, 5) is 29.4. The highest BCUT2D eigenvalue weighted by molar-refractivity contribution is 5.92. The molecule has 0 N–H and O–H groups in total.